The van der Waals surface area contributed by atoms with Gasteiger partial charge in [-0.3, -0.25) is 0 Å². The lowest BCUT2D eigenvalue weighted by Gasteiger charge is -2.10. The molecule has 0 aromatic carbocycles. The molecule has 0 aliphatic carbocycles. The average Bonchev–Trinajstić information content (AvgIpc) is 2.93. The molecule has 2 heterocycles. The molecule has 18 heavy (non-hydrogen) atoms. The Morgan fingerprint density at radius 1 is 1.44 bits per heavy atom. The Morgan fingerprint density at radius 2 is 2.22 bits per heavy atom. The first-order chi connectivity index (χ1) is 8.58. The van der Waals surface area contributed by atoms with Gasteiger partial charge in [0.2, 0.25) is 0 Å². The van der Waals surface area contributed by atoms with E-state index in [2.05, 4.69) is 19.7 Å². The summed E-state index contributed by atoms with van der Waals surface area (Å²) in [6, 6.07) is -0.397. The molecule has 8 heteroatoms. The minimum absolute atomic E-state index is 0.121. The van der Waals surface area contributed by atoms with Gasteiger partial charge in [0.1, 0.15) is 4.88 Å². The van der Waals surface area contributed by atoms with Crippen molar-refractivity contribution in [2.75, 3.05) is 6.61 Å². The zero-order valence-electron chi connectivity index (χ0n) is 10.5. The van der Waals surface area contributed by atoms with Crippen LogP contribution in [-0.2, 0) is 4.74 Å². The van der Waals surface area contributed by atoms with Crippen LogP contribution in [0.2, 0.25) is 0 Å². The summed E-state index contributed by atoms with van der Waals surface area (Å²) in [4.78, 5) is 5.01. The van der Waals surface area contributed by atoms with Crippen molar-refractivity contribution in [2.24, 2.45) is 5.73 Å². The molecule has 2 aromatic rings. The van der Waals surface area contributed by atoms with E-state index in [1.807, 2.05) is 20.8 Å². The summed E-state index contributed by atoms with van der Waals surface area (Å²) >= 11 is 1.22. The molecule has 7 nitrogen and oxygen atoms in total. The fourth-order valence-corrected chi connectivity index (χ4v) is 1.85. The molecule has 0 aliphatic rings. The monoisotopic (exact) mass is 269 g/mol. The third-order valence-electron chi connectivity index (χ3n) is 2.23. The van der Waals surface area contributed by atoms with Gasteiger partial charge in [-0.15, -0.1) is 5.10 Å². The lowest BCUT2D eigenvalue weighted by Crippen LogP contribution is -2.20. The van der Waals surface area contributed by atoms with Gasteiger partial charge in [-0.1, -0.05) is 9.64 Å². The number of nitrogens with zero attached hydrogens (tertiary/aromatic N) is 4. The normalized spacial score (nSPS) is 13.2. The van der Waals surface area contributed by atoms with Crippen LogP contribution in [0.1, 0.15) is 31.4 Å². The Bertz CT molecular complexity index is 510. The summed E-state index contributed by atoms with van der Waals surface area (Å²) in [5, 5.41) is 7.74. The molecule has 0 fully saturated rings. The maximum Gasteiger partial charge on any atom is 0.271 e. The van der Waals surface area contributed by atoms with Crippen molar-refractivity contribution < 1.29 is 9.26 Å². The van der Waals surface area contributed by atoms with E-state index in [4.69, 9.17) is 15.0 Å². The van der Waals surface area contributed by atoms with Gasteiger partial charge < -0.3 is 15.0 Å². The van der Waals surface area contributed by atoms with E-state index in [9.17, 15) is 0 Å². The summed E-state index contributed by atoms with van der Waals surface area (Å²) in [6.45, 7) is 6.09. The molecule has 0 aliphatic heterocycles. The number of hydrogen-bond acceptors (Lipinski definition) is 8. The second kappa shape index (κ2) is 5.51. The predicted molar refractivity (Wildman–Crippen MR) is 66.0 cm³/mol. The topological polar surface area (TPSA) is 100.0 Å². The fraction of sp³-hybridized carbons (Fsp3) is 0.600. The van der Waals surface area contributed by atoms with Gasteiger partial charge in [0.05, 0.1) is 24.4 Å². The molecule has 2 N–H and O–H groups in total. The van der Waals surface area contributed by atoms with Crippen LogP contribution in [-0.4, -0.2) is 32.4 Å². The number of rotatable bonds is 5. The van der Waals surface area contributed by atoms with Gasteiger partial charge in [0.25, 0.3) is 5.89 Å². The van der Waals surface area contributed by atoms with Crippen molar-refractivity contribution in [3.63, 3.8) is 0 Å². The Labute approximate surface area is 109 Å². The second-order valence-electron chi connectivity index (χ2n) is 4.13. The van der Waals surface area contributed by atoms with E-state index in [1.54, 1.807) is 0 Å². The molecule has 2 aromatic heterocycles. The quantitative estimate of drug-likeness (QED) is 0.873. The van der Waals surface area contributed by atoms with Crippen LogP contribution in [0.3, 0.4) is 0 Å². The third-order valence-corrected chi connectivity index (χ3v) is 3.04. The van der Waals surface area contributed by atoms with Crippen LogP contribution in [0, 0.1) is 6.92 Å². The van der Waals surface area contributed by atoms with Crippen molar-refractivity contribution in [3.8, 4) is 10.8 Å². The summed E-state index contributed by atoms with van der Waals surface area (Å²) in [7, 11) is 0. The van der Waals surface area contributed by atoms with Crippen molar-refractivity contribution >= 4 is 11.5 Å². The van der Waals surface area contributed by atoms with Gasteiger partial charge >= 0.3 is 0 Å². The maximum absolute atomic E-state index is 5.91. The minimum Gasteiger partial charge on any atom is -0.377 e. The number of ether oxygens (including phenoxy) is 1. The SMILES string of the molecule is Cc1nnsc1-c1nc(C(N)COC(C)C)no1. The first kappa shape index (κ1) is 13.1. The molecule has 0 saturated carbocycles. The highest BCUT2D eigenvalue weighted by Gasteiger charge is 2.18. The van der Waals surface area contributed by atoms with Gasteiger partial charge in [-0.2, -0.15) is 4.98 Å². The maximum atomic E-state index is 5.91. The highest BCUT2D eigenvalue weighted by molar-refractivity contribution is 7.09. The van der Waals surface area contributed by atoms with Crippen LogP contribution in [0.15, 0.2) is 4.52 Å². The van der Waals surface area contributed by atoms with Crippen molar-refractivity contribution in [3.05, 3.63) is 11.5 Å². The number of aryl methyl sites for hydroxylation is 1. The molecular formula is C10H15N5O2S. The largest absolute Gasteiger partial charge is 0.377 e. The van der Waals surface area contributed by atoms with E-state index in [1.165, 1.54) is 11.5 Å². The standard InChI is InChI=1S/C10H15N5O2S/c1-5(2)16-4-7(11)9-12-10(17-14-9)8-6(3)13-15-18-8/h5,7H,4,11H2,1-3H3. The minimum atomic E-state index is -0.397. The predicted octanol–water partition coefficient (Wildman–Crippen LogP) is 1.32. The van der Waals surface area contributed by atoms with E-state index < -0.39 is 6.04 Å². The summed E-state index contributed by atoms with van der Waals surface area (Å²) in [5.74, 6) is 0.830. The van der Waals surface area contributed by atoms with Crippen LogP contribution in [0.4, 0.5) is 0 Å². The number of nitrogens with two attached hydrogens (primary N) is 1. The molecule has 1 atom stereocenters. The lowest BCUT2D eigenvalue weighted by atomic mass is 10.3. The van der Waals surface area contributed by atoms with Crippen LogP contribution >= 0.6 is 11.5 Å². The molecule has 0 radical (unpaired) electrons. The smallest absolute Gasteiger partial charge is 0.271 e. The Morgan fingerprint density at radius 3 is 2.83 bits per heavy atom. The summed E-state index contributed by atoms with van der Waals surface area (Å²) in [5.41, 5.74) is 6.68. The highest BCUT2D eigenvalue weighted by Crippen LogP contribution is 2.24. The molecule has 2 rings (SSSR count). The fourth-order valence-electron chi connectivity index (χ4n) is 1.28. The van der Waals surface area contributed by atoms with Crippen LogP contribution in [0.5, 0.6) is 0 Å². The van der Waals surface area contributed by atoms with Gasteiger partial charge in [-0.25, -0.2) is 0 Å². The third kappa shape index (κ3) is 2.89. The van der Waals surface area contributed by atoms with E-state index >= 15 is 0 Å². The molecule has 98 valence electrons. The first-order valence-corrected chi connectivity index (χ1v) is 6.35. The number of aromatic nitrogens is 4. The van der Waals surface area contributed by atoms with Gasteiger partial charge in [0.15, 0.2) is 5.82 Å². The van der Waals surface area contributed by atoms with Crippen LogP contribution in [0.25, 0.3) is 10.8 Å². The Balaban J connectivity index is 2.08. The van der Waals surface area contributed by atoms with E-state index in [0.717, 1.165) is 10.6 Å². The summed E-state index contributed by atoms with van der Waals surface area (Å²) < 4.78 is 14.4. The van der Waals surface area contributed by atoms with Crippen molar-refractivity contribution in [2.45, 2.75) is 32.9 Å². The van der Waals surface area contributed by atoms with Crippen LogP contribution < -0.4 is 5.73 Å². The number of hydrogen-bond donors (Lipinski definition) is 1. The Kier molecular flexibility index (Phi) is 4.00. The second-order valence-corrected chi connectivity index (χ2v) is 4.89. The average molecular weight is 269 g/mol. The zero-order chi connectivity index (χ0) is 13.1. The molecule has 0 saturated heterocycles. The molecule has 1 unspecified atom stereocenters. The van der Waals surface area contributed by atoms with E-state index in [-0.39, 0.29) is 6.10 Å². The lowest BCUT2D eigenvalue weighted by molar-refractivity contribution is 0.0665. The van der Waals surface area contributed by atoms with Crippen molar-refractivity contribution in [1.82, 2.24) is 19.7 Å². The molecule has 0 bridgehead atoms. The van der Waals surface area contributed by atoms with Gasteiger partial charge in [-0.05, 0) is 32.3 Å². The summed E-state index contributed by atoms with van der Waals surface area (Å²) in [6.07, 6.45) is 0.121. The highest BCUT2D eigenvalue weighted by atomic mass is 32.1. The first-order valence-electron chi connectivity index (χ1n) is 5.58. The van der Waals surface area contributed by atoms with E-state index in [0.29, 0.717) is 18.3 Å². The van der Waals surface area contributed by atoms with Crippen molar-refractivity contribution in [1.29, 1.82) is 0 Å². The zero-order valence-corrected chi connectivity index (χ0v) is 11.3. The molecule has 0 amide bonds. The molecular weight excluding hydrogens is 254 g/mol. The van der Waals surface area contributed by atoms with Gasteiger partial charge in [0, 0.05) is 0 Å². The molecule has 0 spiro atoms. The Hall–Kier alpha value is -1.38.